The average molecular weight is 860 g/mol. The van der Waals surface area contributed by atoms with Gasteiger partial charge in [-0.2, -0.15) is 0 Å². The molecule has 0 fully saturated rings. The summed E-state index contributed by atoms with van der Waals surface area (Å²) in [5.41, 5.74) is 16.9. The third-order valence-electron chi connectivity index (χ3n) is 14.8. The zero-order valence-corrected chi connectivity index (χ0v) is 36.4. The second-order valence-electron chi connectivity index (χ2n) is 17.8. The molecular formula is C62H37NO2S. The van der Waals surface area contributed by atoms with E-state index in [9.17, 15) is 0 Å². The molecule has 0 saturated heterocycles. The van der Waals surface area contributed by atoms with E-state index in [1.165, 1.54) is 64.7 Å². The normalized spacial score (nSPS) is 14.5. The lowest BCUT2D eigenvalue weighted by atomic mass is 9.66. The first-order chi connectivity index (χ1) is 32.7. The molecule has 3 heterocycles. The first kappa shape index (κ1) is 36.2. The van der Waals surface area contributed by atoms with Crippen LogP contribution in [0.15, 0.2) is 224 Å². The molecule has 0 atom stereocenters. The van der Waals surface area contributed by atoms with Crippen LogP contribution in [-0.4, -0.2) is 0 Å². The Kier molecular flexibility index (Phi) is 7.24. The van der Waals surface area contributed by atoms with Gasteiger partial charge in [-0.05, 0) is 111 Å². The Hall–Kier alpha value is -8.18. The largest absolute Gasteiger partial charge is 0.457 e. The fraction of sp³-hybridized carbons (Fsp3) is 0.0323. The minimum Gasteiger partial charge on any atom is -0.457 e. The SMILES string of the molecule is c1ccc2c(c1)Oc1ccccc1C21c2ccccc2-c2cc(N(c3ccc4c(c3)-c3ccccc3C43c4ccccc4Oc4ccccc43)c3cccc4sc5ccccc5c34)ccc21. The van der Waals surface area contributed by atoms with Crippen molar-refractivity contribution in [1.82, 2.24) is 0 Å². The lowest BCUT2D eigenvalue weighted by Gasteiger charge is -2.39. The van der Waals surface area contributed by atoms with Crippen LogP contribution in [-0.2, 0) is 10.8 Å². The number of fused-ring (bicyclic) bond motifs is 21. The third kappa shape index (κ3) is 4.51. The Bertz CT molecular complexity index is 3590. The van der Waals surface area contributed by atoms with Crippen LogP contribution >= 0.6 is 11.3 Å². The second-order valence-corrected chi connectivity index (χ2v) is 18.9. The number of para-hydroxylation sites is 4. The summed E-state index contributed by atoms with van der Waals surface area (Å²) in [7, 11) is 0. The summed E-state index contributed by atoms with van der Waals surface area (Å²) in [6.45, 7) is 0. The van der Waals surface area contributed by atoms with Gasteiger partial charge in [-0.3, -0.25) is 0 Å². The quantitative estimate of drug-likeness (QED) is 0.177. The number of hydrogen-bond donors (Lipinski definition) is 0. The number of hydrogen-bond acceptors (Lipinski definition) is 4. The maximum Gasteiger partial charge on any atom is 0.132 e. The van der Waals surface area contributed by atoms with Crippen molar-refractivity contribution in [3.05, 3.63) is 269 Å². The molecule has 0 saturated carbocycles. The van der Waals surface area contributed by atoms with Gasteiger partial charge in [0.05, 0.1) is 16.5 Å². The van der Waals surface area contributed by atoms with Crippen LogP contribution in [0.25, 0.3) is 42.4 Å². The highest BCUT2D eigenvalue weighted by Crippen LogP contribution is 2.65. The fourth-order valence-electron chi connectivity index (χ4n) is 12.3. The van der Waals surface area contributed by atoms with Gasteiger partial charge in [0.2, 0.25) is 0 Å². The van der Waals surface area contributed by atoms with Gasteiger partial charge in [0.1, 0.15) is 23.0 Å². The zero-order chi connectivity index (χ0) is 43.1. The molecule has 0 radical (unpaired) electrons. The molecule has 2 spiro atoms. The van der Waals surface area contributed by atoms with E-state index in [2.05, 4.69) is 229 Å². The van der Waals surface area contributed by atoms with Crippen LogP contribution in [0.5, 0.6) is 23.0 Å². The molecule has 11 aromatic rings. The topological polar surface area (TPSA) is 21.7 Å². The summed E-state index contributed by atoms with van der Waals surface area (Å²) in [5, 5.41) is 2.52. The monoisotopic (exact) mass is 859 g/mol. The fourth-order valence-corrected chi connectivity index (χ4v) is 13.5. The Morgan fingerprint density at radius 1 is 0.318 bits per heavy atom. The highest BCUT2D eigenvalue weighted by atomic mass is 32.1. The van der Waals surface area contributed by atoms with Crippen molar-refractivity contribution in [3.63, 3.8) is 0 Å². The van der Waals surface area contributed by atoms with Gasteiger partial charge in [0, 0.05) is 53.8 Å². The molecule has 2 aliphatic heterocycles. The predicted molar refractivity (Wildman–Crippen MR) is 269 cm³/mol. The second kappa shape index (κ2) is 13.2. The molecule has 0 unspecified atom stereocenters. The van der Waals surface area contributed by atoms with Gasteiger partial charge in [0.15, 0.2) is 0 Å². The van der Waals surface area contributed by atoms with E-state index >= 15 is 0 Å². The van der Waals surface area contributed by atoms with E-state index in [-0.39, 0.29) is 0 Å². The van der Waals surface area contributed by atoms with Gasteiger partial charge in [0.25, 0.3) is 0 Å². The van der Waals surface area contributed by atoms with Crippen molar-refractivity contribution < 1.29 is 9.47 Å². The highest BCUT2D eigenvalue weighted by Gasteiger charge is 2.53. The van der Waals surface area contributed by atoms with Gasteiger partial charge < -0.3 is 14.4 Å². The van der Waals surface area contributed by atoms with E-state index in [0.717, 1.165) is 62.3 Å². The number of rotatable bonds is 3. The lowest BCUT2D eigenvalue weighted by molar-refractivity contribution is 0.436. The number of ether oxygens (including phenoxy) is 2. The molecule has 66 heavy (non-hydrogen) atoms. The molecule has 4 aliphatic rings. The van der Waals surface area contributed by atoms with Crippen molar-refractivity contribution >= 4 is 48.6 Å². The number of thiophene rings is 1. The summed E-state index contributed by atoms with van der Waals surface area (Å²) in [6.07, 6.45) is 0. The van der Waals surface area contributed by atoms with E-state index in [4.69, 9.17) is 9.47 Å². The van der Waals surface area contributed by atoms with Crippen LogP contribution in [0.3, 0.4) is 0 Å². The van der Waals surface area contributed by atoms with Crippen molar-refractivity contribution in [3.8, 4) is 45.3 Å². The Morgan fingerprint density at radius 2 is 0.712 bits per heavy atom. The van der Waals surface area contributed by atoms with Crippen LogP contribution in [0.1, 0.15) is 44.5 Å². The van der Waals surface area contributed by atoms with Crippen molar-refractivity contribution in [2.45, 2.75) is 10.8 Å². The molecule has 2 aliphatic carbocycles. The molecular weight excluding hydrogens is 823 g/mol. The molecule has 4 heteroatoms. The van der Waals surface area contributed by atoms with Crippen molar-refractivity contribution in [1.29, 1.82) is 0 Å². The van der Waals surface area contributed by atoms with Gasteiger partial charge >= 0.3 is 0 Å². The third-order valence-corrected chi connectivity index (χ3v) is 15.9. The maximum absolute atomic E-state index is 6.67. The molecule has 1 aromatic heterocycles. The Labute approximate surface area is 386 Å². The highest BCUT2D eigenvalue weighted by molar-refractivity contribution is 7.26. The van der Waals surface area contributed by atoms with E-state index in [1.54, 1.807) is 0 Å². The van der Waals surface area contributed by atoms with E-state index in [1.807, 2.05) is 11.3 Å². The lowest BCUT2D eigenvalue weighted by Crippen LogP contribution is -2.32. The number of nitrogens with zero attached hydrogens (tertiary/aromatic N) is 1. The van der Waals surface area contributed by atoms with Crippen LogP contribution in [0.4, 0.5) is 17.1 Å². The first-order valence-electron chi connectivity index (χ1n) is 22.7. The Morgan fingerprint density at radius 3 is 1.21 bits per heavy atom. The molecule has 3 nitrogen and oxygen atoms in total. The zero-order valence-electron chi connectivity index (χ0n) is 35.5. The van der Waals surface area contributed by atoms with Crippen LogP contribution in [0.2, 0.25) is 0 Å². The van der Waals surface area contributed by atoms with Gasteiger partial charge in [-0.1, -0.05) is 158 Å². The maximum atomic E-state index is 6.67. The summed E-state index contributed by atoms with van der Waals surface area (Å²) < 4.78 is 15.9. The first-order valence-corrected chi connectivity index (χ1v) is 23.5. The molecule has 0 amide bonds. The van der Waals surface area contributed by atoms with Crippen LogP contribution < -0.4 is 14.4 Å². The number of benzene rings is 10. The van der Waals surface area contributed by atoms with E-state index < -0.39 is 10.8 Å². The minimum atomic E-state index is -0.549. The molecule has 10 aromatic carbocycles. The average Bonchev–Trinajstić information content (AvgIpc) is 4.00. The molecule has 0 N–H and O–H groups in total. The molecule has 308 valence electrons. The predicted octanol–water partition coefficient (Wildman–Crippen LogP) is 16.5. The van der Waals surface area contributed by atoms with Gasteiger partial charge in [-0.25, -0.2) is 0 Å². The van der Waals surface area contributed by atoms with Crippen molar-refractivity contribution in [2.24, 2.45) is 0 Å². The molecule has 0 bridgehead atoms. The van der Waals surface area contributed by atoms with E-state index in [0.29, 0.717) is 0 Å². The minimum absolute atomic E-state index is 0.549. The summed E-state index contributed by atoms with van der Waals surface area (Å²) >= 11 is 1.86. The van der Waals surface area contributed by atoms with Crippen LogP contribution in [0, 0.1) is 0 Å². The van der Waals surface area contributed by atoms with Gasteiger partial charge in [-0.15, -0.1) is 11.3 Å². The summed E-state index contributed by atoms with van der Waals surface area (Å²) in [6, 6.07) is 82.4. The molecule has 15 rings (SSSR count). The van der Waals surface area contributed by atoms with Crippen molar-refractivity contribution in [2.75, 3.05) is 4.90 Å². The summed E-state index contributed by atoms with van der Waals surface area (Å²) in [5.74, 6) is 3.58. The smallest absolute Gasteiger partial charge is 0.132 e. The standard InChI is InChI=1S/C62H37NO2S/c1-4-19-45-40(16-1)43-36-38(32-34-47(43)61(45)49-21-6-10-26-54(49)64-55-27-11-7-22-50(55)61)63(53-25-15-31-59-60(53)42-18-3-14-30-58(42)66-59)39-33-35-48-44(37-39)41-17-2-5-20-46(41)62(48)51-23-8-12-28-56(51)65-57-29-13-9-24-52(57)62/h1-37H. The summed E-state index contributed by atoms with van der Waals surface area (Å²) in [4.78, 5) is 2.51. The number of anilines is 3. The Balaban J connectivity index is 1.01.